The molecule has 1 aliphatic carbocycles. The largest absolute Gasteiger partial charge is 0.368 e. The van der Waals surface area contributed by atoms with E-state index in [2.05, 4.69) is 24.2 Å². The van der Waals surface area contributed by atoms with Gasteiger partial charge in [0, 0.05) is 6.04 Å². The van der Waals surface area contributed by atoms with E-state index in [1.165, 1.54) is 12.8 Å². The zero-order chi connectivity index (χ0) is 10.6. The number of nitrogens with one attached hydrogen (secondary N) is 1. The summed E-state index contributed by atoms with van der Waals surface area (Å²) < 4.78 is 0. The fourth-order valence-corrected chi connectivity index (χ4v) is 1.35. The van der Waals surface area contributed by atoms with Crippen molar-refractivity contribution in [2.75, 3.05) is 20.1 Å². The molecule has 1 saturated carbocycles. The predicted octanol–water partition coefficient (Wildman–Crippen LogP) is -0.0659. The summed E-state index contributed by atoms with van der Waals surface area (Å²) >= 11 is 0. The molecule has 1 unspecified atom stereocenters. The highest BCUT2D eigenvalue weighted by atomic mass is 16.1. The van der Waals surface area contributed by atoms with Gasteiger partial charge in [-0.2, -0.15) is 0 Å². The second kappa shape index (κ2) is 5.32. The number of nitrogens with zero attached hydrogens (tertiary/aromatic N) is 1. The van der Waals surface area contributed by atoms with Gasteiger partial charge in [0.05, 0.1) is 6.04 Å². The fourth-order valence-electron chi connectivity index (χ4n) is 1.35. The van der Waals surface area contributed by atoms with Crippen LogP contribution >= 0.6 is 0 Å². The molecule has 0 saturated heterocycles. The first kappa shape index (κ1) is 11.5. The molecule has 14 heavy (non-hydrogen) atoms. The van der Waals surface area contributed by atoms with Crippen molar-refractivity contribution in [2.24, 2.45) is 5.73 Å². The third-order valence-corrected chi connectivity index (χ3v) is 2.70. The number of amides is 1. The number of hydrogen-bond donors (Lipinski definition) is 2. The minimum atomic E-state index is -0.221. The number of rotatable bonds is 7. The first-order valence-electron chi connectivity index (χ1n) is 5.37. The zero-order valence-electron chi connectivity index (χ0n) is 9.12. The Morgan fingerprint density at radius 2 is 2.29 bits per heavy atom. The molecule has 0 aromatic rings. The highest BCUT2D eigenvalue weighted by Crippen LogP contribution is 2.19. The van der Waals surface area contributed by atoms with Crippen LogP contribution in [0.2, 0.25) is 0 Å². The van der Waals surface area contributed by atoms with Crippen LogP contribution < -0.4 is 11.1 Å². The lowest BCUT2D eigenvalue weighted by molar-refractivity contribution is -0.120. The van der Waals surface area contributed by atoms with Crippen molar-refractivity contribution < 1.29 is 4.79 Å². The van der Waals surface area contributed by atoms with E-state index in [1.54, 1.807) is 0 Å². The van der Waals surface area contributed by atoms with E-state index < -0.39 is 0 Å². The molecule has 1 rings (SSSR count). The second-order valence-corrected chi connectivity index (χ2v) is 4.08. The SMILES string of the molecule is CCN(C)CCC(NC1CC1)C(N)=O. The van der Waals surface area contributed by atoms with E-state index in [9.17, 15) is 4.79 Å². The molecule has 0 bridgehead atoms. The maximum Gasteiger partial charge on any atom is 0.234 e. The topological polar surface area (TPSA) is 58.4 Å². The van der Waals surface area contributed by atoms with E-state index in [4.69, 9.17) is 5.73 Å². The predicted molar refractivity (Wildman–Crippen MR) is 56.9 cm³/mol. The highest BCUT2D eigenvalue weighted by molar-refractivity contribution is 5.79. The van der Waals surface area contributed by atoms with Crippen molar-refractivity contribution in [1.82, 2.24) is 10.2 Å². The van der Waals surface area contributed by atoms with Crippen molar-refractivity contribution in [1.29, 1.82) is 0 Å². The van der Waals surface area contributed by atoms with Crippen molar-refractivity contribution in [3.05, 3.63) is 0 Å². The third kappa shape index (κ3) is 4.07. The number of hydrogen-bond acceptors (Lipinski definition) is 3. The van der Waals surface area contributed by atoms with Gasteiger partial charge < -0.3 is 16.0 Å². The van der Waals surface area contributed by atoms with Crippen LogP contribution in [0.1, 0.15) is 26.2 Å². The Morgan fingerprint density at radius 3 is 2.71 bits per heavy atom. The lowest BCUT2D eigenvalue weighted by Gasteiger charge is -2.19. The van der Waals surface area contributed by atoms with Gasteiger partial charge in [-0.1, -0.05) is 6.92 Å². The minimum Gasteiger partial charge on any atom is -0.368 e. The molecule has 0 aliphatic heterocycles. The summed E-state index contributed by atoms with van der Waals surface area (Å²) in [4.78, 5) is 13.3. The highest BCUT2D eigenvalue weighted by Gasteiger charge is 2.26. The molecule has 1 atom stereocenters. The molecule has 1 amide bonds. The van der Waals surface area contributed by atoms with Crippen molar-refractivity contribution in [3.63, 3.8) is 0 Å². The Morgan fingerprint density at radius 1 is 1.64 bits per heavy atom. The zero-order valence-corrected chi connectivity index (χ0v) is 9.12. The van der Waals surface area contributed by atoms with Gasteiger partial charge in [0.1, 0.15) is 0 Å². The molecule has 3 N–H and O–H groups in total. The van der Waals surface area contributed by atoms with Gasteiger partial charge in [-0.15, -0.1) is 0 Å². The monoisotopic (exact) mass is 199 g/mol. The summed E-state index contributed by atoms with van der Waals surface area (Å²) in [6, 6.07) is 0.399. The molecule has 0 aromatic heterocycles. The van der Waals surface area contributed by atoms with Gasteiger partial charge in [-0.25, -0.2) is 0 Å². The number of primary amides is 1. The van der Waals surface area contributed by atoms with Crippen molar-refractivity contribution in [3.8, 4) is 0 Å². The molecule has 1 fully saturated rings. The first-order chi connectivity index (χ1) is 6.63. The average Bonchev–Trinajstić information content (AvgIpc) is 2.94. The molecule has 0 heterocycles. The van der Waals surface area contributed by atoms with E-state index in [-0.39, 0.29) is 11.9 Å². The Labute approximate surface area is 85.8 Å². The Kier molecular flexibility index (Phi) is 4.35. The molecule has 4 nitrogen and oxygen atoms in total. The summed E-state index contributed by atoms with van der Waals surface area (Å²) in [5.41, 5.74) is 5.32. The van der Waals surface area contributed by atoms with Gasteiger partial charge in [0.25, 0.3) is 0 Å². The van der Waals surface area contributed by atoms with Gasteiger partial charge in [0.15, 0.2) is 0 Å². The van der Waals surface area contributed by atoms with E-state index >= 15 is 0 Å². The van der Waals surface area contributed by atoms with Crippen molar-refractivity contribution in [2.45, 2.75) is 38.3 Å². The first-order valence-corrected chi connectivity index (χ1v) is 5.37. The van der Waals surface area contributed by atoms with E-state index in [1.807, 2.05) is 0 Å². The normalized spacial score (nSPS) is 18.5. The van der Waals surface area contributed by atoms with Crippen LogP contribution in [0.25, 0.3) is 0 Å². The minimum absolute atomic E-state index is 0.142. The standard InChI is InChI=1S/C10H21N3O/c1-3-13(2)7-6-9(10(11)14)12-8-4-5-8/h8-9,12H,3-7H2,1-2H3,(H2,11,14). The number of carbonyl (C=O) groups excluding carboxylic acids is 1. The summed E-state index contributed by atoms with van der Waals surface area (Å²) in [5.74, 6) is -0.221. The van der Waals surface area contributed by atoms with Crippen LogP contribution in [0, 0.1) is 0 Å². The van der Waals surface area contributed by atoms with Crippen LogP contribution in [0.15, 0.2) is 0 Å². The molecule has 0 radical (unpaired) electrons. The maximum absolute atomic E-state index is 11.1. The van der Waals surface area contributed by atoms with Crippen LogP contribution in [-0.4, -0.2) is 43.0 Å². The summed E-state index contributed by atoms with van der Waals surface area (Å²) in [6.45, 7) is 4.03. The number of nitrogens with two attached hydrogens (primary N) is 1. The fraction of sp³-hybridized carbons (Fsp3) is 0.900. The second-order valence-electron chi connectivity index (χ2n) is 4.08. The van der Waals surface area contributed by atoms with Crippen LogP contribution in [0.3, 0.4) is 0 Å². The third-order valence-electron chi connectivity index (χ3n) is 2.70. The van der Waals surface area contributed by atoms with Gasteiger partial charge in [-0.05, 0) is 39.4 Å². The summed E-state index contributed by atoms with van der Waals surface area (Å²) in [6.07, 6.45) is 3.19. The van der Waals surface area contributed by atoms with Gasteiger partial charge in [-0.3, -0.25) is 4.79 Å². The van der Waals surface area contributed by atoms with Crippen LogP contribution in [0.5, 0.6) is 0 Å². The molecule has 0 aromatic carbocycles. The summed E-state index contributed by atoms with van der Waals surface area (Å²) in [7, 11) is 2.05. The lowest BCUT2D eigenvalue weighted by atomic mass is 10.2. The quantitative estimate of drug-likeness (QED) is 0.603. The molecule has 4 heteroatoms. The Hall–Kier alpha value is -0.610. The average molecular weight is 199 g/mol. The van der Waals surface area contributed by atoms with Crippen LogP contribution in [-0.2, 0) is 4.79 Å². The molecule has 82 valence electrons. The molecule has 0 spiro atoms. The van der Waals surface area contributed by atoms with Gasteiger partial charge >= 0.3 is 0 Å². The van der Waals surface area contributed by atoms with E-state index in [0.717, 1.165) is 19.5 Å². The molecular formula is C10H21N3O. The number of carbonyl (C=O) groups is 1. The van der Waals surface area contributed by atoms with Crippen LogP contribution in [0.4, 0.5) is 0 Å². The molecule has 1 aliphatic rings. The van der Waals surface area contributed by atoms with E-state index in [0.29, 0.717) is 6.04 Å². The molecular weight excluding hydrogens is 178 g/mol. The maximum atomic E-state index is 11.1. The Bertz CT molecular complexity index is 192. The lowest BCUT2D eigenvalue weighted by Crippen LogP contribution is -2.44. The Balaban J connectivity index is 2.23. The van der Waals surface area contributed by atoms with Gasteiger partial charge in [0.2, 0.25) is 5.91 Å². The van der Waals surface area contributed by atoms with Crippen molar-refractivity contribution >= 4 is 5.91 Å². The summed E-state index contributed by atoms with van der Waals surface area (Å²) in [5, 5.41) is 3.27. The smallest absolute Gasteiger partial charge is 0.234 e.